The van der Waals surface area contributed by atoms with Crippen molar-refractivity contribution >= 4 is 29.5 Å². The maximum atomic E-state index is 12.1. The van der Waals surface area contributed by atoms with Gasteiger partial charge in [-0.15, -0.1) is 0 Å². The van der Waals surface area contributed by atoms with E-state index in [0.717, 1.165) is 16.3 Å². The largest absolute Gasteiger partial charge is 0.476 e. The molecule has 1 amide bonds. The molecule has 1 heterocycles. The monoisotopic (exact) mass is 283 g/mol. The van der Waals surface area contributed by atoms with Gasteiger partial charge in [-0.1, -0.05) is 11.8 Å². The third kappa shape index (κ3) is 2.75. The minimum Gasteiger partial charge on any atom is -0.476 e. The number of carbonyl (C=O) groups excluding carboxylic acids is 1. The number of carboxylic acids is 1. The fourth-order valence-electron chi connectivity index (χ4n) is 1.17. The summed E-state index contributed by atoms with van der Waals surface area (Å²) in [6, 6.07) is 0. The molecule has 10 heteroatoms. The Morgan fingerprint density at radius 1 is 1.44 bits per heavy atom. The summed E-state index contributed by atoms with van der Waals surface area (Å²) in [7, 11) is 1.32. The van der Waals surface area contributed by atoms with Gasteiger partial charge in [-0.05, 0) is 6.26 Å². The number of halogens is 3. The Bertz CT molecular complexity index is 498. The van der Waals surface area contributed by atoms with Crippen molar-refractivity contribution in [3.8, 4) is 0 Å². The molecule has 0 saturated heterocycles. The van der Waals surface area contributed by atoms with Crippen LogP contribution < -0.4 is 5.32 Å². The van der Waals surface area contributed by atoms with Crippen molar-refractivity contribution in [2.24, 2.45) is 7.05 Å². The first kappa shape index (κ1) is 14.4. The van der Waals surface area contributed by atoms with Gasteiger partial charge in [0.2, 0.25) is 0 Å². The van der Waals surface area contributed by atoms with Crippen molar-refractivity contribution in [3.63, 3.8) is 0 Å². The molecule has 18 heavy (non-hydrogen) atoms. The average molecular weight is 283 g/mol. The van der Waals surface area contributed by atoms with Gasteiger partial charge < -0.3 is 15.0 Å². The fourth-order valence-corrected chi connectivity index (χ4v) is 1.72. The number of hydrogen-bond donors (Lipinski definition) is 2. The van der Waals surface area contributed by atoms with Gasteiger partial charge in [0, 0.05) is 7.05 Å². The van der Waals surface area contributed by atoms with Gasteiger partial charge in [-0.2, -0.15) is 13.2 Å². The van der Waals surface area contributed by atoms with Crippen molar-refractivity contribution in [3.05, 3.63) is 5.69 Å². The van der Waals surface area contributed by atoms with E-state index in [-0.39, 0.29) is 5.16 Å². The Balaban J connectivity index is 3.17. The SMILES string of the molecule is CSc1nc(NC(=O)C(F)(F)F)c(C(=O)O)n1C. The quantitative estimate of drug-likeness (QED) is 0.818. The van der Waals surface area contributed by atoms with Crippen LogP contribution in [0.5, 0.6) is 0 Å². The van der Waals surface area contributed by atoms with Crippen molar-refractivity contribution in [2.45, 2.75) is 11.3 Å². The van der Waals surface area contributed by atoms with Crippen LogP contribution in [-0.2, 0) is 11.8 Å². The topological polar surface area (TPSA) is 84.2 Å². The number of anilines is 1. The maximum Gasteiger partial charge on any atom is 0.471 e. The molecule has 1 rings (SSSR count). The van der Waals surface area contributed by atoms with Crippen LogP contribution in [0.4, 0.5) is 19.0 Å². The smallest absolute Gasteiger partial charge is 0.471 e. The highest BCUT2D eigenvalue weighted by Gasteiger charge is 2.40. The highest BCUT2D eigenvalue weighted by Crippen LogP contribution is 2.24. The predicted octanol–water partition coefficient (Wildman–Crippen LogP) is 1.34. The molecule has 0 aliphatic heterocycles. The van der Waals surface area contributed by atoms with E-state index in [9.17, 15) is 22.8 Å². The molecule has 0 atom stereocenters. The van der Waals surface area contributed by atoms with E-state index >= 15 is 0 Å². The predicted molar refractivity (Wildman–Crippen MR) is 56.6 cm³/mol. The summed E-state index contributed by atoms with van der Waals surface area (Å²) < 4.78 is 37.3. The van der Waals surface area contributed by atoms with Crippen LogP contribution in [0, 0.1) is 0 Å². The number of imidazole rings is 1. The summed E-state index contributed by atoms with van der Waals surface area (Å²) in [6.07, 6.45) is -3.53. The van der Waals surface area contributed by atoms with E-state index in [1.807, 2.05) is 0 Å². The lowest BCUT2D eigenvalue weighted by Crippen LogP contribution is -2.30. The average Bonchev–Trinajstić information content (AvgIpc) is 2.53. The molecule has 2 N–H and O–H groups in total. The van der Waals surface area contributed by atoms with Crippen molar-refractivity contribution in [1.82, 2.24) is 9.55 Å². The Labute approximate surface area is 103 Å². The zero-order valence-corrected chi connectivity index (χ0v) is 10.0. The molecule has 0 aromatic carbocycles. The molecule has 6 nitrogen and oxygen atoms in total. The van der Waals surface area contributed by atoms with Gasteiger partial charge in [-0.25, -0.2) is 9.78 Å². The van der Waals surface area contributed by atoms with Gasteiger partial charge in [0.25, 0.3) is 0 Å². The number of amides is 1. The molecular formula is C8H8F3N3O3S. The van der Waals surface area contributed by atoms with E-state index in [1.54, 1.807) is 6.26 Å². The van der Waals surface area contributed by atoms with Crippen molar-refractivity contribution in [1.29, 1.82) is 0 Å². The standard InChI is InChI=1S/C8H8F3N3O3S/c1-14-3(5(15)16)4(13-7(14)18-2)12-6(17)8(9,10)11/h1-2H3,(H,12,17)(H,15,16). The first-order valence-corrected chi connectivity index (χ1v) is 5.63. The summed E-state index contributed by atoms with van der Waals surface area (Å²) in [5.74, 6) is -4.38. The minimum atomic E-state index is -5.10. The summed E-state index contributed by atoms with van der Waals surface area (Å²) in [4.78, 5) is 25.2. The van der Waals surface area contributed by atoms with Crippen molar-refractivity contribution < 1.29 is 27.9 Å². The summed E-state index contributed by atoms with van der Waals surface area (Å²) in [5, 5.41) is 10.5. The van der Waals surface area contributed by atoms with E-state index in [0.29, 0.717) is 0 Å². The van der Waals surface area contributed by atoms with Crippen molar-refractivity contribution in [2.75, 3.05) is 11.6 Å². The van der Waals surface area contributed by atoms with E-state index < -0.39 is 29.6 Å². The molecular weight excluding hydrogens is 275 g/mol. The lowest BCUT2D eigenvalue weighted by molar-refractivity contribution is -0.167. The van der Waals surface area contributed by atoms with Crippen LogP contribution in [0.1, 0.15) is 10.5 Å². The Morgan fingerprint density at radius 3 is 2.39 bits per heavy atom. The van der Waals surface area contributed by atoms with Crippen LogP contribution in [-0.4, -0.2) is 39.0 Å². The molecule has 1 aromatic heterocycles. The van der Waals surface area contributed by atoms with E-state index in [2.05, 4.69) is 4.98 Å². The van der Waals surface area contributed by atoms with E-state index in [4.69, 9.17) is 5.11 Å². The lowest BCUT2D eigenvalue weighted by Gasteiger charge is -2.06. The Kier molecular flexibility index (Phi) is 3.89. The number of aromatic carboxylic acids is 1. The Hall–Kier alpha value is -1.71. The molecule has 0 saturated carbocycles. The zero-order valence-electron chi connectivity index (χ0n) is 9.20. The number of rotatable bonds is 3. The number of hydrogen-bond acceptors (Lipinski definition) is 4. The maximum absolute atomic E-state index is 12.1. The van der Waals surface area contributed by atoms with Crippen LogP contribution in [0.25, 0.3) is 0 Å². The Morgan fingerprint density at radius 2 is 2.00 bits per heavy atom. The van der Waals surface area contributed by atoms with Crippen LogP contribution in [0.15, 0.2) is 5.16 Å². The number of nitrogens with zero attached hydrogens (tertiary/aromatic N) is 2. The van der Waals surface area contributed by atoms with Gasteiger partial charge in [0.15, 0.2) is 16.7 Å². The van der Waals surface area contributed by atoms with E-state index in [1.165, 1.54) is 12.4 Å². The summed E-state index contributed by atoms with van der Waals surface area (Å²) in [6.45, 7) is 0. The molecule has 100 valence electrons. The number of carboxylic acid groups (broad SMARTS) is 1. The van der Waals surface area contributed by atoms with Crippen LogP contribution >= 0.6 is 11.8 Å². The second-order valence-electron chi connectivity index (χ2n) is 3.11. The molecule has 0 spiro atoms. The molecule has 0 aliphatic rings. The zero-order chi connectivity index (χ0) is 14.1. The van der Waals surface area contributed by atoms with Crippen LogP contribution in [0.2, 0.25) is 0 Å². The third-order valence-electron chi connectivity index (χ3n) is 1.93. The first-order valence-electron chi connectivity index (χ1n) is 4.40. The van der Waals surface area contributed by atoms with Gasteiger partial charge >= 0.3 is 18.1 Å². The van der Waals surface area contributed by atoms with Gasteiger partial charge in [0.1, 0.15) is 0 Å². The normalized spacial score (nSPS) is 11.4. The number of carbonyl (C=O) groups is 2. The minimum absolute atomic E-state index is 0.171. The molecule has 0 unspecified atom stereocenters. The molecule has 1 aromatic rings. The highest BCUT2D eigenvalue weighted by atomic mass is 32.2. The summed E-state index contributed by atoms with van der Waals surface area (Å²) >= 11 is 1.04. The lowest BCUT2D eigenvalue weighted by atomic mass is 10.4. The molecule has 0 aliphatic carbocycles. The second kappa shape index (κ2) is 4.88. The number of alkyl halides is 3. The highest BCUT2D eigenvalue weighted by molar-refractivity contribution is 7.98. The van der Waals surface area contributed by atoms with Crippen LogP contribution in [0.3, 0.4) is 0 Å². The third-order valence-corrected chi connectivity index (χ3v) is 2.66. The van der Waals surface area contributed by atoms with Gasteiger partial charge in [-0.3, -0.25) is 4.79 Å². The fraction of sp³-hybridized carbons (Fsp3) is 0.375. The number of thioether (sulfide) groups is 1. The second-order valence-corrected chi connectivity index (χ2v) is 3.89. The number of nitrogens with one attached hydrogen (secondary N) is 1. The number of aromatic nitrogens is 2. The van der Waals surface area contributed by atoms with Gasteiger partial charge in [0.05, 0.1) is 0 Å². The molecule has 0 fully saturated rings. The molecule has 0 radical (unpaired) electrons. The molecule has 0 bridgehead atoms. The summed E-state index contributed by atoms with van der Waals surface area (Å²) in [5.41, 5.74) is -0.517. The first-order chi connectivity index (χ1) is 8.18.